The molecule has 5 rings (SSSR count). The fourth-order valence-corrected chi connectivity index (χ4v) is 5.63. The van der Waals surface area contributed by atoms with Gasteiger partial charge in [0.1, 0.15) is 5.82 Å². The maximum atomic E-state index is 15.1. The normalized spacial score (nSPS) is 23.0. The zero-order chi connectivity index (χ0) is 23.7. The van der Waals surface area contributed by atoms with Crippen LogP contribution in [-0.4, -0.2) is 40.1 Å². The lowest BCUT2D eigenvalue weighted by molar-refractivity contribution is -0.145. The van der Waals surface area contributed by atoms with Crippen molar-refractivity contribution in [2.45, 2.75) is 69.4 Å². The summed E-state index contributed by atoms with van der Waals surface area (Å²) >= 11 is 0. The maximum Gasteiger partial charge on any atom is 0.241 e. The summed E-state index contributed by atoms with van der Waals surface area (Å²) in [6, 6.07) is 15.7. The fourth-order valence-electron chi connectivity index (χ4n) is 5.63. The van der Waals surface area contributed by atoms with E-state index in [-0.39, 0.29) is 36.3 Å². The molecule has 2 saturated carbocycles. The molecule has 34 heavy (non-hydrogen) atoms. The van der Waals surface area contributed by atoms with Crippen LogP contribution in [0, 0.1) is 11.7 Å². The minimum Gasteiger partial charge on any atom is -0.338 e. The highest BCUT2D eigenvalue weighted by Gasteiger charge is 2.57. The molecular weight excluding hydrogens is 431 g/mol. The van der Waals surface area contributed by atoms with Crippen molar-refractivity contribution in [1.29, 1.82) is 0 Å². The number of imide groups is 1. The Morgan fingerprint density at radius 2 is 1.65 bits per heavy atom. The van der Waals surface area contributed by atoms with E-state index >= 15 is 4.39 Å². The van der Waals surface area contributed by atoms with Crippen molar-refractivity contribution in [3.05, 3.63) is 71.5 Å². The first-order chi connectivity index (χ1) is 16.5. The van der Waals surface area contributed by atoms with Gasteiger partial charge in [-0.15, -0.1) is 0 Å². The minimum atomic E-state index is -1.49. The summed E-state index contributed by atoms with van der Waals surface area (Å²) in [5, 5.41) is 0. The van der Waals surface area contributed by atoms with Gasteiger partial charge in [-0.2, -0.15) is 0 Å². The molecule has 3 aliphatic rings. The average molecular weight is 463 g/mol. The average Bonchev–Trinajstić information content (AvgIpc) is 3.42. The van der Waals surface area contributed by atoms with Gasteiger partial charge >= 0.3 is 0 Å². The van der Waals surface area contributed by atoms with Gasteiger partial charge in [0.25, 0.3) is 0 Å². The second-order valence-corrected chi connectivity index (χ2v) is 10.1. The molecule has 3 fully saturated rings. The summed E-state index contributed by atoms with van der Waals surface area (Å²) in [5.74, 6) is -0.971. The number of nitrogens with zero attached hydrogens (tertiary/aromatic N) is 2. The Kier molecular flexibility index (Phi) is 6.24. The number of halogens is 1. The SMILES string of the molecule is O=C(CC1(c2ccccc2F)CC(=O)N(C2CCCC2)C1=O)N(Cc1ccccc1)CC1CC1. The molecule has 1 heterocycles. The number of benzene rings is 2. The van der Waals surface area contributed by atoms with Crippen molar-refractivity contribution in [1.82, 2.24) is 9.80 Å². The molecule has 2 aromatic carbocycles. The molecule has 0 spiro atoms. The minimum absolute atomic E-state index is 0.143. The lowest BCUT2D eigenvalue weighted by atomic mass is 9.75. The van der Waals surface area contributed by atoms with E-state index in [4.69, 9.17) is 0 Å². The van der Waals surface area contributed by atoms with Crippen molar-refractivity contribution in [2.75, 3.05) is 6.54 Å². The first-order valence-electron chi connectivity index (χ1n) is 12.4. The highest BCUT2D eigenvalue weighted by Crippen LogP contribution is 2.44. The third-order valence-electron chi connectivity index (χ3n) is 7.63. The summed E-state index contributed by atoms with van der Waals surface area (Å²) in [5.41, 5.74) is -0.313. The van der Waals surface area contributed by atoms with Crippen LogP contribution >= 0.6 is 0 Å². The quantitative estimate of drug-likeness (QED) is 0.539. The van der Waals surface area contributed by atoms with Crippen molar-refractivity contribution >= 4 is 17.7 Å². The molecule has 0 radical (unpaired) electrons. The van der Waals surface area contributed by atoms with E-state index in [1.54, 1.807) is 23.1 Å². The van der Waals surface area contributed by atoms with E-state index in [1.807, 2.05) is 30.3 Å². The van der Waals surface area contributed by atoms with Gasteiger partial charge in [-0.3, -0.25) is 19.3 Å². The van der Waals surface area contributed by atoms with Crippen molar-refractivity contribution < 1.29 is 18.8 Å². The maximum absolute atomic E-state index is 15.1. The van der Waals surface area contributed by atoms with Crippen LogP contribution in [0.4, 0.5) is 4.39 Å². The van der Waals surface area contributed by atoms with E-state index in [0.717, 1.165) is 44.1 Å². The smallest absolute Gasteiger partial charge is 0.241 e. The first kappa shape index (κ1) is 22.8. The monoisotopic (exact) mass is 462 g/mol. The molecule has 1 unspecified atom stereocenters. The van der Waals surface area contributed by atoms with Gasteiger partial charge in [-0.25, -0.2) is 4.39 Å². The molecule has 1 atom stereocenters. The number of carbonyl (C=O) groups is 3. The summed E-state index contributed by atoms with van der Waals surface area (Å²) < 4.78 is 15.1. The van der Waals surface area contributed by atoms with Crippen LogP contribution in [0.3, 0.4) is 0 Å². The van der Waals surface area contributed by atoms with Crippen molar-refractivity contribution in [3.63, 3.8) is 0 Å². The van der Waals surface area contributed by atoms with Crippen LogP contribution in [0.15, 0.2) is 54.6 Å². The Morgan fingerprint density at radius 3 is 2.32 bits per heavy atom. The molecule has 0 N–H and O–H groups in total. The second-order valence-electron chi connectivity index (χ2n) is 10.1. The second kappa shape index (κ2) is 9.32. The van der Waals surface area contributed by atoms with E-state index < -0.39 is 17.1 Å². The van der Waals surface area contributed by atoms with E-state index in [2.05, 4.69) is 0 Å². The fraction of sp³-hybridized carbons (Fsp3) is 0.464. The van der Waals surface area contributed by atoms with Crippen LogP contribution in [0.2, 0.25) is 0 Å². The zero-order valence-electron chi connectivity index (χ0n) is 19.4. The van der Waals surface area contributed by atoms with Gasteiger partial charge in [0, 0.05) is 37.5 Å². The summed E-state index contributed by atoms with van der Waals surface area (Å²) in [4.78, 5) is 44.0. The van der Waals surface area contributed by atoms with E-state index in [9.17, 15) is 14.4 Å². The summed E-state index contributed by atoms with van der Waals surface area (Å²) in [6.45, 7) is 1.06. The lowest BCUT2D eigenvalue weighted by Gasteiger charge is -2.32. The molecule has 178 valence electrons. The standard InChI is InChI=1S/C28H31FN2O3/c29-24-13-7-6-12-23(24)28(17-26(33)31(27(28)34)22-10-4-5-11-22)16-25(32)30(19-21-14-15-21)18-20-8-2-1-3-9-20/h1-3,6-9,12-13,21-22H,4-5,10-11,14-19H2. The number of hydrogen-bond acceptors (Lipinski definition) is 3. The molecule has 0 aromatic heterocycles. The van der Waals surface area contributed by atoms with Crippen LogP contribution in [-0.2, 0) is 26.3 Å². The Labute approximate surface area is 199 Å². The highest BCUT2D eigenvalue weighted by atomic mass is 19.1. The van der Waals surface area contributed by atoms with Crippen LogP contribution in [0.1, 0.15) is 62.5 Å². The topological polar surface area (TPSA) is 57.7 Å². The third kappa shape index (κ3) is 4.38. The molecule has 5 nitrogen and oxygen atoms in total. The number of hydrogen-bond donors (Lipinski definition) is 0. The molecule has 3 amide bonds. The summed E-state index contributed by atoms with van der Waals surface area (Å²) in [7, 11) is 0. The molecule has 0 bridgehead atoms. The molecular formula is C28H31FN2O3. The Morgan fingerprint density at radius 1 is 0.971 bits per heavy atom. The first-order valence-corrected chi connectivity index (χ1v) is 12.4. The molecule has 2 aromatic rings. The van der Waals surface area contributed by atoms with Gasteiger partial charge in [0.15, 0.2) is 0 Å². The number of amides is 3. The molecule has 1 saturated heterocycles. The molecule has 2 aliphatic carbocycles. The lowest BCUT2D eigenvalue weighted by Crippen LogP contribution is -2.46. The van der Waals surface area contributed by atoms with Crippen LogP contribution < -0.4 is 0 Å². The number of carbonyl (C=O) groups excluding carboxylic acids is 3. The highest BCUT2D eigenvalue weighted by molar-refractivity contribution is 6.11. The Bertz CT molecular complexity index is 1080. The van der Waals surface area contributed by atoms with Crippen LogP contribution in [0.25, 0.3) is 0 Å². The third-order valence-corrected chi connectivity index (χ3v) is 7.63. The van der Waals surface area contributed by atoms with Crippen molar-refractivity contribution in [3.8, 4) is 0 Å². The van der Waals surface area contributed by atoms with Gasteiger partial charge in [-0.05, 0) is 43.2 Å². The van der Waals surface area contributed by atoms with Gasteiger partial charge in [0.2, 0.25) is 17.7 Å². The van der Waals surface area contributed by atoms with Crippen LogP contribution in [0.5, 0.6) is 0 Å². The molecule has 1 aliphatic heterocycles. The van der Waals surface area contributed by atoms with Gasteiger partial charge < -0.3 is 4.90 Å². The van der Waals surface area contributed by atoms with E-state index in [1.165, 1.54) is 11.0 Å². The van der Waals surface area contributed by atoms with Gasteiger partial charge in [-0.1, -0.05) is 61.4 Å². The van der Waals surface area contributed by atoms with Gasteiger partial charge in [0.05, 0.1) is 5.41 Å². The molecule has 6 heteroatoms. The number of rotatable bonds is 8. The zero-order valence-corrected chi connectivity index (χ0v) is 19.4. The number of likely N-dealkylation sites (tertiary alicyclic amines) is 1. The predicted molar refractivity (Wildman–Crippen MR) is 126 cm³/mol. The van der Waals surface area contributed by atoms with E-state index in [0.29, 0.717) is 19.0 Å². The largest absolute Gasteiger partial charge is 0.338 e. The predicted octanol–water partition coefficient (Wildman–Crippen LogP) is 4.59. The van der Waals surface area contributed by atoms with Crippen molar-refractivity contribution in [2.24, 2.45) is 5.92 Å². The Hall–Kier alpha value is -3.02. The summed E-state index contributed by atoms with van der Waals surface area (Å²) in [6.07, 6.45) is 5.33. The Balaban J connectivity index is 1.48.